The van der Waals surface area contributed by atoms with Crippen molar-refractivity contribution in [1.29, 1.82) is 0 Å². The zero-order valence-corrected chi connectivity index (χ0v) is 18.9. The smallest absolute Gasteiger partial charge is 0.399 e. The highest BCUT2D eigenvalue weighted by Gasteiger charge is 2.51. The normalized spacial score (nSPS) is 17.0. The lowest BCUT2D eigenvalue weighted by molar-refractivity contribution is 0.00578. The van der Waals surface area contributed by atoms with Gasteiger partial charge in [0.05, 0.1) is 24.4 Å². The fraction of sp³-hybridized carbons (Fsp3) is 0.409. The SMILES string of the molecule is COCCn1nc(-c2ccc(F)nc2)nc1Nc1ccc(B2OC(C)(C)C(C)(C)O2)cc1. The first-order valence-corrected chi connectivity index (χ1v) is 10.5. The van der Waals surface area contributed by atoms with Crippen molar-refractivity contribution < 1.29 is 18.4 Å². The number of pyridine rings is 1. The molecule has 0 unspecified atom stereocenters. The minimum atomic E-state index is -0.548. The Morgan fingerprint density at radius 3 is 2.34 bits per heavy atom. The summed E-state index contributed by atoms with van der Waals surface area (Å²) in [5, 5.41) is 7.81. The van der Waals surface area contributed by atoms with Gasteiger partial charge in [-0.15, -0.1) is 5.10 Å². The molecule has 1 N–H and O–H groups in total. The largest absolute Gasteiger partial charge is 0.494 e. The second-order valence-electron chi connectivity index (χ2n) is 8.68. The van der Waals surface area contributed by atoms with Crippen LogP contribution in [0.3, 0.4) is 0 Å². The summed E-state index contributed by atoms with van der Waals surface area (Å²) in [7, 11) is 1.21. The summed E-state index contributed by atoms with van der Waals surface area (Å²) < 4.78 is 32.3. The first-order valence-electron chi connectivity index (χ1n) is 10.5. The molecule has 0 radical (unpaired) electrons. The second-order valence-corrected chi connectivity index (χ2v) is 8.68. The van der Waals surface area contributed by atoms with Crippen molar-refractivity contribution in [3.05, 3.63) is 48.5 Å². The predicted octanol–water partition coefficient (Wildman–Crippen LogP) is 3.17. The van der Waals surface area contributed by atoms with Gasteiger partial charge in [0.2, 0.25) is 11.9 Å². The van der Waals surface area contributed by atoms with Gasteiger partial charge in [-0.05, 0) is 57.4 Å². The van der Waals surface area contributed by atoms with E-state index in [1.807, 2.05) is 52.0 Å². The molecule has 1 aliphatic rings. The van der Waals surface area contributed by atoms with Crippen LogP contribution in [-0.2, 0) is 20.6 Å². The summed E-state index contributed by atoms with van der Waals surface area (Å²) in [5.41, 5.74) is 1.62. The maximum atomic E-state index is 13.2. The summed E-state index contributed by atoms with van der Waals surface area (Å²) in [6.45, 7) is 9.11. The minimum Gasteiger partial charge on any atom is -0.399 e. The molecule has 0 bridgehead atoms. The fourth-order valence-electron chi connectivity index (χ4n) is 3.23. The zero-order valence-electron chi connectivity index (χ0n) is 18.9. The molecule has 0 atom stereocenters. The molecule has 1 aliphatic heterocycles. The van der Waals surface area contributed by atoms with Gasteiger partial charge in [0.25, 0.3) is 0 Å². The molecule has 4 rings (SSSR count). The number of anilines is 2. The maximum Gasteiger partial charge on any atom is 0.494 e. The lowest BCUT2D eigenvalue weighted by Gasteiger charge is -2.32. The molecular formula is C22H27BFN5O3. The number of hydrogen-bond acceptors (Lipinski definition) is 7. The average molecular weight is 439 g/mol. The van der Waals surface area contributed by atoms with E-state index in [0.29, 0.717) is 30.5 Å². The molecule has 32 heavy (non-hydrogen) atoms. The third-order valence-electron chi connectivity index (χ3n) is 5.86. The van der Waals surface area contributed by atoms with Gasteiger partial charge >= 0.3 is 7.12 Å². The Kier molecular flexibility index (Phi) is 6.02. The van der Waals surface area contributed by atoms with Crippen LogP contribution in [0.15, 0.2) is 42.6 Å². The van der Waals surface area contributed by atoms with Crippen LogP contribution in [0, 0.1) is 5.95 Å². The van der Waals surface area contributed by atoms with Gasteiger partial charge in [0, 0.05) is 24.6 Å². The van der Waals surface area contributed by atoms with Crippen LogP contribution in [-0.4, -0.2) is 51.8 Å². The summed E-state index contributed by atoms with van der Waals surface area (Å²) in [4.78, 5) is 8.25. The van der Waals surface area contributed by atoms with E-state index in [1.165, 1.54) is 12.3 Å². The molecule has 168 valence electrons. The van der Waals surface area contributed by atoms with Crippen molar-refractivity contribution in [2.75, 3.05) is 19.0 Å². The van der Waals surface area contributed by atoms with Gasteiger partial charge in [0.1, 0.15) is 0 Å². The van der Waals surface area contributed by atoms with Gasteiger partial charge < -0.3 is 19.4 Å². The lowest BCUT2D eigenvalue weighted by Crippen LogP contribution is -2.41. The Balaban J connectivity index is 1.53. The van der Waals surface area contributed by atoms with Crippen LogP contribution >= 0.6 is 0 Å². The number of ether oxygens (including phenoxy) is 1. The Morgan fingerprint density at radius 2 is 1.75 bits per heavy atom. The van der Waals surface area contributed by atoms with E-state index in [0.717, 1.165) is 11.2 Å². The predicted molar refractivity (Wildman–Crippen MR) is 121 cm³/mol. The number of methoxy groups -OCH3 is 1. The quantitative estimate of drug-likeness (QED) is 0.447. The zero-order chi connectivity index (χ0) is 22.9. The standard InChI is InChI=1S/C22H27BFN5O3/c1-21(2)22(3,4)32-23(31-21)16-7-9-17(10-8-16)26-20-27-19(28-29(20)12-13-30-5)15-6-11-18(24)25-14-15/h6-11,14H,12-13H2,1-5H3,(H,26,27,28). The molecule has 8 nitrogen and oxygen atoms in total. The molecule has 1 fully saturated rings. The van der Waals surface area contributed by atoms with Gasteiger partial charge in [-0.25, -0.2) is 9.67 Å². The van der Waals surface area contributed by atoms with E-state index >= 15 is 0 Å². The molecule has 3 heterocycles. The van der Waals surface area contributed by atoms with Crippen LogP contribution in [0.4, 0.5) is 16.0 Å². The van der Waals surface area contributed by atoms with Crippen molar-refractivity contribution >= 4 is 24.2 Å². The van der Waals surface area contributed by atoms with E-state index in [1.54, 1.807) is 17.9 Å². The molecule has 0 aliphatic carbocycles. The van der Waals surface area contributed by atoms with Crippen LogP contribution in [0.2, 0.25) is 0 Å². The number of halogens is 1. The molecular weight excluding hydrogens is 412 g/mol. The number of nitrogens with zero attached hydrogens (tertiary/aromatic N) is 4. The summed E-state index contributed by atoms with van der Waals surface area (Å²) in [6.07, 6.45) is 1.41. The molecule has 0 saturated carbocycles. The van der Waals surface area contributed by atoms with E-state index < -0.39 is 24.3 Å². The number of aromatic nitrogens is 4. The van der Waals surface area contributed by atoms with Crippen molar-refractivity contribution in [1.82, 2.24) is 19.7 Å². The first kappa shape index (κ1) is 22.4. The van der Waals surface area contributed by atoms with Gasteiger partial charge in [-0.1, -0.05) is 12.1 Å². The third-order valence-corrected chi connectivity index (χ3v) is 5.86. The third kappa shape index (κ3) is 4.52. The summed E-state index contributed by atoms with van der Waals surface area (Å²) in [6, 6.07) is 10.7. The van der Waals surface area contributed by atoms with Crippen molar-refractivity contribution in [3.63, 3.8) is 0 Å². The molecule has 1 aromatic carbocycles. The highest BCUT2D eigenvalue weighted by molar-refractivity contribution is 6.62. The van der Waals surface area contributed by atoms with Crippen LogP contribution in [0.1, 0.15) is 27.7 Å². The second kappa shape index (κ2) is 8.61. The van der Waals surface area contributed by atoms with Gasteiger partial charge in [-0.3, -0.25) is 0 Å². The van der Waals surface area contributed by atoms with E-state index in [2.05, 4.69) is 20.4 Å². The number of benzene rings is 1. The monoisotopic (exact) mass is 439 g/mol. The van der Waals surface area contributed by atoms with Gasteiger partial charge in [0.15, 0.2) is 5.82 Å². The number of rotatable bonds is 7. The van der Waals surface area contributed by atoms with Crippen LogP contribution < -0.4 is 10.8 Å². The summed E-state index contributed by atoms with van der Waals surface area (Å²) in [5.74, 6) is 0.447. The van der Waals surface area contributed by atoms with Gasteiger partial charge in [-0.2, -0.15) is 9.37 Å². The van der Waals surface area contributed by atoms with E-state index in [4.69, 9.17) is 14.0 Å². The topological polar surface area (TPSA) is 83.3 Å². The molecule has 3 aromatic rings. The van der Waals surface area contributed by atoms with E-state index in [9.17, 15) is 4.39 Å². The Morgan fingerprint density at radius 1 is 1.06 bits per heavy atom. The highest BCUT2D eigenvalue weighted by atomic mass is 19.1. The fourth-order valence-corrected chi connectivity index (χ4v) is 3.23. The Hall–Kier alpha value is -2.82. The highest BCUT2D eigenvalue weighted by Crippen LogP contribution is 2.36. The van der Waals surface area contributed by atoms with E-state index in [-0.39, 0.29) is 0 Å². The molecule has 0 amide bonds. The van der Waals surface area contributed by atoms with Crippen molar-refractivity contribution in [2.45, 2.75) is 45.4 Å². The molecule has 0 spiro atoms. The van der Waals surface area contributed by atoms with Crippen molar-refractivity contribution in [3.8, 4) is 11.4 Å². The first-order chi connectivity index (χ1) is 15.2. The summed E-state index contributed by atoms with van der Waals surface area (Å²) >= 11 is 0. The lowest BCUT2D eigenvalue weighted by atomic mass is 9.79. The number of hydrogen-bond donors (Lipinski definition) is 1. The average Bonchev–Trinajstić information content (AvgIpc) is 3.24. The maximum absolute atomic E-state index is 13.2. The molecule has 2 aromatic heterocycles. The van der Waals surface area contributed by atoms with Crippen molar-refractivity contribution in [2.24, 2.45) is 0 Å². The Labute approximate surface area is 187 Å². The van der Waals surface area contributed by atoms with Crippen LogP contribution in [0.5, 0.6) is 0 Å². The minimum absolute atomic E-state index is 0.391. The number of nitrogens with one attached hydrogen (secondary N) is 1. The Bertz CT molecular complexity index is 1050. The van der Waals surface area contributed by atoms with Crippen LogP contribution in [0.25, 0.3) is 11.4 Å². The molecule has 1 saturated heterocycles. The molecule has 10 heteroatoms.